The number of aromatic nitrogens is 1. The van der Waals surface area contributed by atoms with Crippen LogP contribution in [-0.2, 0) is 20.7 Å². The third-order valence-corrected chi connectivity index (χ3v) is 4.66. The van der Waals surface area contributed by atoms with Gasteiger partial charge < -0.3 is 19.8 Å². The molecule has 0 bridgehead atoms. The molecule has 0 aliphatic carbocycles. The van der Waals surface area contributed by atoms with Gasteiger partial charge in [-0.05, 0) is 74.2 Å². The number of nitrogens with one attached hydrogen (secondary N) is 2. The minimum absolute atomic E-state index is 0.155. The molecular formula is C26H34N2O4. The van der Waals surface area contributed by atoms with E-state index >= 15 is 0 Å². The van der Waals surface area contributed by atoms with Crippen molar-refractivity contribution in [2.24, 2.45) is 0 Å². The Kier molecular flexibility index (Phi) is 9.32. The van der Waals surface area contributed by atoms with E-state index in [9.17, 15) is 9.59 Å². The van der Waals surface area contributed by atoms with E-state index < -0.39 is 11.9 Å². The summed E-state index contributed by atoms with van der Waals surface area (Å²) >= 11 is 0. The van der Waals surface area contributed by atoms with Crippen molar-refractivity contribution in [3.05, 3.63) is 53.2 Å². The van der Waals surface area contributed by atoms with Crippen LogP contribution in [0.5, 0.6) is 11.5 Å². The van der Waals surface area contributed by atoms with Gasteiger partial charge in [0.25, 0.3) is 0 Å². The number of amides is 1. The second-order valence-electron chi connectivity index (χ2n) is 7.69. The number of esters is 1. The van der Waals surface area contributed by atoms with Crippen LogP contribution in [0.2, 0.25) is 0 Å². The van der Waals surface area contributed by atoms with Crippen molar-refractivity contribution in [2.75, 3.05) is 11.9 Å². The number of aryl methyl sites for hydroxylation is 3. The lowest BCUT2D eigenvalue weighted by Gasteiger charge is -2.14. The predicted octanol–water partition coefficient (Wildman–Crippen LogP) is 6.45. The van der Waals surface area contributed by atoms with Crippen LogP contribution in [0.25, 0.3) is 10.9 Å². The maximum absolute atomic E-state index is 11.9. The molecule has 172 valence electrons. The maximum Gasteiger partial charge on any atom is 0.397 e. The van der Waals surface area contributed by atoms with Gasteiger partial charge in [0, 0.05) is 22.8 Å². The Labute approximate surface area is 190 Å². The average Bonchev–Trinajstić information content (AvgIpc) is 3.14. The van der Waals surface area contributed by atoms with Crippen LogP contribution in [0.1, 0.15) is 57.2 Å². The highest BCUT2D eigenvalue weighted by molar-refractivity contribution is 6.37. The van der Waals surface area contributed by atoms with E-state index in [-0.39, 0.29) is 6.61 Å². The van der Waals surface area contributed by atoms with Gasteiger partial charge in [0.1, 0.15) is 11.5 Å². The minimum atomic E-state index is -0.897. The van der Waals surface area contributed by atoms with Crippen molar-refractivity contribution < 1.29 is 19.1 Å². The second kappa shape index (κ2) is 11.9. The van der Waals surface area contributed by atoms with Crippen LogP contribution in [0, 0.1) is 13.8 Å². The van der Waals surface area contributed by atoms with Gasteiger partial charge in [-0.1, -0.05) is 33.6 Å². The molecule has 0 saturated carbocycles. The molecule has 0 radical (unpaired) electrons. The fourth-order valence-electron chi connectivity index (χ4n) is 3.38. The van der Waals surface area contributed by atoms with Gasteiger partial charge in [0.15, 0.2) is 0 Å². The third-order valence-electron chi connectivity index (χ3n) is 4.66. The van der Waals surface area contributed by atoms with E-state index in [0.29, 0.717) is 5.69 Å². The molecular weight excluding hydrogens is 404 g/mol. The molecule has 2 aromatic carbocycles. The number of benzene rings is 2. The summed E-state index contributed by atoms with van der Waals surface area (Å²) in [5.74, 6) is -0.207. The molecule has 3 rings (SSSR count). The number of ether oxygens (including phenoxy) is 2. The van der Waals surface area contributed by atoms with Gasteiger partial charge in [0.05, 0.1) is 6.61 Å². The molecule has 1 aromatic heterocycles. The number of anilines is 1. The Morgan fingerprint density at radius 2 is 1.66 bits per heavy atom. The lowest BCUT2D eigenvalue weighted by atomic mass is 10.1. The highest BCUT2D eigenvalue weighted by Crippen LogP contribution is 2.33. The molecule has 0 unspecified atom stereocenters. The lowest BCUT2D eigenvalue weighted by molar-refractivity contribution is -0.152. The molecule has 0 aliphatic heterocycles. The van der Waals surface area contributed by atoms with Crippen LogP contribution in [0.3, 0.4) is 0 Å². The van der Waals surface area contributed by atoms with E-state index in [0.717, 1.165) is 46.4 Å². The molecule has 6 nitrogen and oxygen atoms in total. The standard InChI is InChI=1S/C23H26N2O4.C3H8/c1-5-7-16-13-24-20-9-8-18(12-19(16)20)29-21-14(3)10-17(11-15(21)4)25-22(26)23(27)28-6-2;1-3-2/h8-13,24H,5-7H2,1-4H3,(H,25,26);3H2,1-2H3. The van der Waals surface area contributed by atoms with Gasteiger partial charge in [-0.2, -0.15) is 0 Å². The molecule has 3 aromatic rings. The molecule has 0 saturated heterocycles. The van der Waals surface area contributed by atoms with Crippen LogP contribution in [0.15, 0.2) is 36.5 Å². The minimum Gasteiger partial charge on any atom is -0.459 e. The molecule has 0 aliphatic rings. The summed E-state index contributed by atoms with van der Waals surface area (Å²) in [6.07, 6.45) is 5.39. The molecule has 1 amide bonds. The van der Waals surface area contributed by atoms with Crippen molar-refractivity contribution in [3.63, 3.8) is 0 Å². The first-order valence-electron chi connectivity index (χ1n) is 11.2. The fraction of sp³-hybridized carbons (Fsp3) is 0.385. The van der Waals surface area contributed by atoms with Gasteiger partial charge >= 0.3 is 11.9 Å². The molecule has 0 spiro atoms. The summed E-state index contributed by atoms with van der Waals surface area (Å²) < 4.78 is 10.9. The molecule has 2 N–H and O–H groups in total. The highest BCUT2D eigenvalue weighted by Gasteiger charge is 2.16. The lowest BCUT2D eigenvalue weighted by Crippen LogP contribution is -2.25. The first-order valence-corrected chi connectivity index (χ1v) is 11.2. The quantitative estimate of drug-likeness (QED) is 0.342. The Morgan fingerprint density at radius 3 is 2.25 bits per heavy atom. The summed E-state index contributed by atoms with van der Waals surface area (Å²) in [5, 5.41) is 3.73. The van der Waals surface area contributed by atoms with E-state index in [2.05, 4.69) is 37.3 Å². The second-order valence-corrected chi connectivity index (χ2v) is 7.69. The van der Waals surface area contributed by atoms with Crippen LogP contribution < -0.4 is 10.1 Å². The van der Waals surface area contributed by atoms with Crippen molar-refractivity contribution in [1.82, 2.24) is 4.98 Å². The number of fused-ring (bicyclic) bond motifs is 1. The zero-order valence-corrected chi connectivity index (χ0v) is 19.9. The summed E-state index contributed by atoms with van der Waals surface area (Å²) in [6.45, 7) is 12.0. The molecule has 32 heavy (non-hydrogen) atoms. The van der Waals surface area contributed by atoms with Crippen molar-refractivity contribution in [3.8, 4) is 11.5 Å². The maximum atomic E-state index is 11.9. The zero-order chi connectivity index (χ0) is 23.7. The Balaban J connectivity index is 0.00000114. The number of hydrogen-bond acceptors (Lipinski definition) is 4. The van der Waals surface area contributed by atoms with Gasteiger partial charge in [-0.25, -0.2) is 4.79 Å². The Bertz CT molecular complexity index is 1050. The van der Waals surface area contributed by atoms with Gasteiger partial charge in [-0.3, -0.25) is 4.79 Å². The highest BCUT2D eigenvalue weighted by atomic mass is 16.5. The predicted molar refractivity (Wildman–Crippen MR) is 130 cm³/mol. The van der Waals surface area contributed by atoms with Crippen molar-refractivity contribution in [2.45, 2.75) is 60.8 Å². The van der Waals surface area contributed by atoms with E-state index in [1.807, 2.05) is 32.0 Å². The normalized spacial score (nSPS) is 10.3. The summed E-state index contributed by atoms with van der Waals surface area (Å²) in [4.78, 5) is 26.7. The van der Waals surface area contributed by atoms with E-state index in [1.54, 1.807) is 19.1 Å². The third kappa shape index (κ3) is 6.36. The number of aromatic amines is 1. The van der Waals surface area contributed by atoms with Crippen molar-refractivity contribution >= 4 is 28.5 Å². The number of rotatable bonds is 6. The molecule has 0 fully saturated rings. The van der Waals surface area contributed by atoms with Gasteiger partial charge in [-0.15, -0.1) is 0 Å². The average molecular weight is 439 g/mol. The molecule has 0 atom stereocenters. The summed E-state index contributed by atoms with van der Waals surface area (Å²) in [6, 6.07) is 9.55. The monoisotopic (exact) mass is 438 g/mol. The van der Waals surface area contributed by atoms with E-state index in [4.69, 9.17) is 9.47 Å². The Hall–Kier alpha value is -3.28. The summed E-state index contributed by atoms with van der Waals surface area (Å²) in [5.41, 5.74) is 4.60. The van der Waals surface area contributed by atoms with Crippen LogP contribution >= 0.6 is 0 Å². The van der Waals surface area contributed by atoms with Crippen molar-refractivity contribution in [1.29, 1.82) is 0 Å². The topological polar surface area (TPSA) is 80.4 Å². The first kappa shape index (κ1) is 25.0. The first-order chi connectivity index (χ1) is 15.3. The smallest absolute Gasteiger partial charge is 0.397 e. The van der Waals surface area contributed by atoms with E-state index in [1.165, 1.54) is 12.0 Å². The number of hydrogen-bond donors (Lipinski definition) is 2. The van der Waals surface area contributed by atoms with Gasteiger partial charge in [0.2, 0.25) is 0 Å². The molecule has 6 heteroatoms. The SMILES string of the molecule is CCC.CCCc1c[nH]c2ccc(Oc3c(C)cc(NC(=O)C(=O)OCC)cc3C)cc12. The fourth-order valence-corrected chi connectivity index (χ4v) is 3.38. The van der Waals surface area contributed by atoms with Crippen LogP contribution in [0.4, 0.5) is 5.69 Å². The zero-order valence-electron chi connectivity index (χ0n) is 19.9. The number of carbonyl (C=O) groups is 2. The number of carbonyl (C=O) groups excluding carboxylic acids is 2. The summed E-state index contributed by atoms with van der Waals surface area (Å²) in [7, 11) is 0. The molecule has 1 heterocycles. The van der Waals surface area contributed by atoms with Crippen LogP contribution in [-0.4, -0.2) is 23.5 Å². The Morgan fingerprint density at radius 1 is 1.00 bits per heavy atom. The largest absolute Gasteiger partial charge is 0.459 e. The number of H-pyrrole nitrogens is 1.